The van der Waals surface area contributed by atoms with Gasteiger partial charge < -0.3 is 19.7 Å². The van der Waals surface area contributed by atoms with Crippen LogP contribution in [0.15, 0.2) is 48.5 Å². The Morgan fingerprint density at radius 1 is 1.10 bits per heavy atom. The van der Waals surface area contributed by atoms with Gasteiger partial charge in [0.1, 0.15) is 24.2 Å². The highest BCUT2D eigenvalue weighted by molar-refractivity contribution is 5.89. The molecule has 2 amide bonds. The zero-order valence-electron chi connectivity index (χ0n) is 23.3. The molecule has 40 heavy (non-hydrogen) atoms. The topological polar surface area (TPSA) is 115 Å². The van der Waals surface area contributed by atoms with Gasteiger partial charge in [-0.25, -0.2) is 4.39 Å². The van der Waals surface area contributed by atoms with E-state index in [1.54, 1.807) is 31.4 Å². The molecule has 214 valence electrons. The van der Waals surface area contributed by atoms with Crippen LogP contribution in [0.3, 0.4) is 0 Å². The van der Waals surface area contributed by atoms with Gasteiger partial charge in [-0.1, -0.05) is 12.1 Å². The highest BCUT2D eigenvalue weighted by Gasteiger charge is 2.34. The smallest absolute Gasteiger partial charge is 0.247 e. The molecule has 1 unspecified atom stereocenters. The van der Waals surface area contributed by atoms with Gasteiger partial charge in [0.05, 0.1) is 20.3 Å². The van der Waals surface area contributed by atoms with Crippen LogP contribution in [-0.4, -0.2) is 93.9 Å². The molecule has 1 aliphatic rings. The van der Waals surface area contributed by atoms with Crippen molar-refractivity contribution in [1.29, 1.82) is 0 Å². The zero-order chi connectivity index (χ0) is 28.7. The summed E-state index contributed by atoms with van der Waals surface area (Å²) in [5.41, 5.74) is 0.677. The molecule has 1 saturated heterocycles. The van der Waals surface area contributed by atoms with Crippen molar-refractivity contribution in [3.05, 3.63) is 59.9 Å². The molecule has 0 saturated carbocycles. The van der Waals surface area contributed by atoms with E-state index in [-0.39, 0.29) is 24.9 Å². The minimum absolute atomic E-state index is 0.229. The number of rotatable bonds is 10. The Morgan fingerprint density at radius 2 is 1.77 bits per heavy atom. The number of nitrogens with one attached hydrogen (secondary N) is 1. The van der Waals surface area contributed by atoms with Gasteiger partial charge >= 0.3 is 0 Å². The predicted octanol–water partition coefficient (Wildman–Crippen LogP) is 2.30. The quantitative estimate of drug-likeness (QED) is 0.407. The monoisotopic (exact) mass is 553 g/mol. The highest BCUT2D eigenvalue weighted by Crippen LogP contribution is 2.24. The summed E-state index contributed by atoms with van der Waals surface area (Å²) in [7, 11) is 1.58. The van der Waals surface area contributed by atoms with E-state index in [2.05, 4.69) is 25.6 Å². The van der Waals surface area contributed by atoms with Crippen LogP contribution in [0.2, 0.25) is 0 Å². The normalized spacial score (nSPS) is 14.9. The van der Waals surface area contributed by atoms with Crippen LogP contribution in [0, 0.1) is 5.82 Å². The molecule has 11 nitrogen and oxygen atoms in total. The van der Waals surface area contributed by atoms with Crippen LogP contribution in [0.5, 0.6) is 5.75 Å². The molecule has 1 atom stereocenters. The molecule has 1 fully saturated rings. The average Bonchev–Trinajstić information content (AvgIpc) is 3.39. The van der Waals surface area contributed by atoms with E-state index < -0.39 is 17.4 Å². The van der Waals surface area contributed by atoms with Crippen LogP contribution in [-0.2, 0) is 20.9 Å². The number of ether oxygens (including phenoxy) is 2. The minimum atomic E-state index is -0.988. The summed E-state index contributed by atoms with van der Waals surface area (Å²) in [6, 6.07) is 11.8. The van der Waals surface area contributed by atoms with Crippen LogP contribution in [0.25, 0.3) is 11.4 Å². The number of hydrogen-bond acceptors (Lipinski definition) is 8. The van der Waals surface area contributed by atoms with Crippen LogP contribution >= 0.6 is 0 Å². The molecular formula is C28H36FN7O4. The fourth-order valence-electron chi connectivity index (χ4n) is 4.41. The standard InChI is InChI=1S/C28H36FN7O4/c1-28(2,3)30-27(38)25(20-5-9-22(29)10-6-20)35(14-13-34-15-17-40-18-16-34)24(37)19-36-32-26(31-33-36)21-7-11-23(39-4)12-8-21/h5-12,25H,13-19H2,1-4H3,(H,30,38). The zero-order valence-corrected chi connectivity index (χ0v) is 23.3. The summed E-state index contributed by atoms with van der Waals surface area (Å²) >= 11 is 0. The van der Waals surface area contributed by atoms with E-state index in [0.717, 1.165) is 18.7 Å². The number of benzene rings is 2. The first-order valence-corrected chi connectivity index (χ1v) is 13.2. The summed E-state index contributed by atoms with van der Waals surface area (Å²) in [6.45, 7) is 8.85. The maximum atomic E-state index is 13.8. The van der Waals surface area contributed by atoms with Gasteiger partial charge in [-0.2, -0.15) is 4.80 Å². The number of amides is 2. The largest absolute Gasteiger partial charge is 0.497 e. The maximum Gasteiger partial charge on any atom is 0.247 e. The third-order valence-electron chi connectivity index (χ3n) is 6.40. The Labute approximate surface area is 233 Å². The Kier molecular flexibility index (Phi) is 9.43. The minimum Gasteiger partial charge on any atom is -0.497 e. The fraction of sp³-hybridized carbons (Fsp3) is 0.464. The summed E-state index contributed by atoms with van der Waals surface area (Å²) in [6.07, 6.45) is 0. The lowest BCUT2D eigenvalue weighted by molar-refractivity contribution is -0.142. The molecular weight excluding hydrogens is 517 g/mol. The van der Waals surface area contributed by atoms with E-state index in [9.17, 15) is 14.0 Å². The number of carbonyl (C=O) groups is 2. The molecule has 1 N–H and O–H groups in total. The van der Waals surface area contributed by atoms with Crippen LogP contribution < -0.4 is 10.1 Å². The second kappa shape index (κ2) is 13.0. The first-order chi connectivity index (χ1) is 19.1. The summed E-state index contributed by atoms with van der Waals surface area (Å²) in [5.74, 6) is -0.105. The van der Waals surface area contributed by atoms with Gasteiger partial charge in [-0.15, -0.1) is 10.2 Å². The van der Waals surface area contributed by atoms with Gasteiger partial charge in [-0.05, 0) is 67.9 Å². The lowest BCUT2D eigenvalue weighted by atomic mass is 10.0. The number of tetrazole rings is 1. The van der Waals surface area contributed by atoms with E-state index in [0.29, 0.717) is 36.9 Å². The number of morpholine rings is 1. The van der Waals surface area contributed by atoms with Gasteiger partial charge in [0, 0.05) is 37.3 Å². The predicted molar refractivity (Wildman–Crippen MR) is 146 cm³/mol. The molecule has 0 aliphatic carbocycles. The molecule has 0 bridgehead atoms. The second-order valence-corrected chi connectivity index (χ2v) is 10.6. The SMILES string of the molecule is COc1ccc(-c2nnn(CC(=O)N(CCN3CCOCC3)C(C(=O)NC(C)(C)C)c3ccc(F)cc3)n2)cc1. The highest BCUT2D eigenvalue weighted by atomic mass is 19.1. The number of nitrogens with zero attached hydrogens (tertiary/aromatic N) is 6. The van der Waals surface area contributed by atoms with Crippen molar-refractivity contribution < 1.29 is 23.5 Å². The van der Waals surface area contributed by atoms with E-state index in [4.69, 9.17) is 9.47 Å². The molecule has 1 aromatic heterocycles. The molecule has 2 heterocycles. The lowest BCUT2D eigenvalue weighted by Gasteiger charge is -2.35. The first-order valence-electron chi connectivity index (χ1n) is 13.2. The van der Waals surface area contributed by atoms with Gasteiger partial charge in [0.2, 0.25) is 17.6 Å². The number of carbonyl (C=O) groups excluding carboxylic acids is 2. The third-order valence-corrected chi connectivity index (χ3v) is 6.40. The van der Waals surface area contributed by atoms with Crippen LogP contribution in [0.1, 0.15) is 32.4 Å². The number of aromatic nitrogens is 4. The molecule has 4 rings (SSSR count). The van der Waals surface area contributed by atoms with Gasteiger partial charge in [0.25, 0.3) is 0 Å². The van der Waals surface area contributed by atoms with Crippen molar-refractivity contribution in [1.82, 2.24) is 35.3 Å². The van der Waals surface area contributed by atoms with Crippen LogP contribution in [0.4, 0.5) is 4.39 Å². The third kappa shape index (κ3) is 7.82. The number of methoxy groups -OCH3 is 1. The molecule has 2 aromatic carbocycles. The number of hydrogen-bond donors (Lipinski definition) is 1. The van der Waals surface area contributed by atoms with Crippen molar-refractivity contribution in [2.75, 3.05) is 46.5 Å². The van der Waals surface area contributed by atoms with Crippen molar-refractivity contribution in [2.24, 2.45) is 0 Å². The lowest BCUT2D eigenvalue weighted by Crippen LogP contribution is -2.52. The average molecular weight is 554 g/mol. The Morgan fingerprint density at radius 3 is 2.40 bits per heavy atom. The molecule has 1 aliphatic heterocycles. The molecule has 0 spiro atoms. The first kappa shape index (κ1) is 29.1. The van der Waals surface area contributed by atoms with E-state index in [1.165, 1.54) is 34.0 Å². The second-order valence-electron chi connectivity index (χ2n) is 10.6. The van der Waals surface area contributed by atoms with E-state index in [1.807, 2.05) is 20.8 Å². The van der Waals surface area contributed by atoms with Crippen molar-refractivity contribution in [2.45, 2.75) is 38.9 Å². The Bertz CT molecular complexity index is 1270. The Hall–Kier alpha value is -3.90. The van der Waals surface area contributed by atoms with Crippen molar-refractivity contribution in [3.63, 3.8) is 0 Å². The summed E-state index contributed by atoms with van der Waals surface area (Å²) in [5, 5.41) is 15.5. The Balaban J connectivity index is 1.61. The molecule has 3 aromatic rings. The fourth-order valence-corrected chi connectivity index (χ4v) is 4.41. The van der Waals surface area contributed by atoms with E-state index >= 15 is 0 Å². The van der Waals surface area contributed by atoms with Crippen molar-refractivity contribution in [3.8, 4) is 17.1 Å². The van der Waals surface area contributed by atoms with Crippen molar-refractivity contribution >= 4 is 11.8 Å². The maximum absolute atomic E-state index is 13.8. The number of halogens is 1. The summed E-state index contributed by atoms with van der Waals surface area (Å²) < 4.78 is 24.5. The van der Waals surface area contributed by atoms with Gasteiger partial charge in [-0.3, -0.25) is 14.5 Å². The molecule has 0 radical (unpaired) electrons. The van der Waals surface area contributed by atoms with Gasteiger partial charge in [0.15, 0.2) is 0 Å². The summed E-state index contributed by atoms with van der Waals surface area (Å²) in [4.78, 5) is 32.4. The molecule has 12 heteroatoms.